The van der Waals surface area contributed by atoms with E-state index in [0.29, 0.717) is 24.4 Å². The number of nitrogens with zero attached hydrogens (tertiary/aromatic N) is 2. The standard InChI is InChI=1S/C23H26N2O3/c1-15-10-16(2)12-20(11-15)28-9-8-25(4)23(26)21-13-18-6-7-19(27-5)14-22(18)24-17(21)3/h6-7,10-14H,8-9H2,1-5H3. The first-order valence-electron chi connectivity index (χ1n) is 9.29. The number of amides is 1. The van der Waals surface area contributed by atoms with Gasteiger partial charge in [0.2, 0.25) is 0 Å². The van der Waals surface area contributed by atoms with Gasteiger partial charge in [-0.05, 0) is 62.2 Å². The molecule has 2 aromatic carbocycles. The topological polar surface area (TPSA) is 51.7 Å². The molecule has 0 bridgehead atoms. The third kappa shape index (κ3) is 4.42. The van der Waals surface area contributed by atoms with Crippen LogP contribution in [0.25, 0.3) is 10.9 Å². The number of benzene rings is 2. The van der Waals surface area contributed by atoms with E-state index in [0.717, 1.165) is 33.5 Å². The molecule has 1 amide bonds. The van der Waals surface area contributed by atoms with Crippen molar-refractivity contribution in [3.05, 3.63) is 64.8 Å². The minimum Gasteiger partial charge on any atom is -0.497 e. The van der Waals surface area contributed by atoms with E-state index >= 15 is 0 Å². The van der Waals surface area contributed by atoms with Crippen molar-refractivity contribution >= 4 is 16.8 Å². The van der Waals surface area contributed by atoms with Gasteiger partial charge in [-0.25, -0.2) is 0 Å². The summed E-state index contributed by atoms with van der Waals surface area (Å²) < 4.78 is 11.1. The Morgan fingerprint density at radius 1 is 1.00 bits per heavy atom. The summed E-state index contributed by atoms with van der Waals surface area (Å²) in [5, 5.41) is 0.912. The summed E-state index contributed by atoms with van der Waals surface area (Å²) in [7, 11) is 3.41. The molecule has 0 radical (unpaired) electrons. The summed E-state index contributed by atoms with van der Waals surface area (Å²) in [5.41, 5.74) is 4.44. The minimum absolute atomic E-state index is 0.0632. The van der Waals surface area contributed by atoms with Gasteiger partial charge in [-0.15, -0.1) is 0 Å². The first-order chi connectivity index (χ1) is 13.4. The molecule has 0 aliphatic carbocycles. The molecule has 0 fully saturated rings. The SMILES string of the molecule is COc1ccc2cc(C(=O)N(C)CCOc3cc(C)cc(C)c3)c(C)nc2c1. The fraction of sp³-hybridized carbons (Fsp3) is 0.304. The maximum atomic E-state index is 12.9. The number of carbonyl (C=O) groups is 1. The number of aryl methyl sites for hydroxylation is 3. The Morgan fingerprint density at radius 2 is 1.71 bits per heavy atom. The van der Waals surface area contributed by atoms with E-state index in [1.807, 2.05) is 57.2 Å². The first-order valence-corrected chi connectivity index (χ1v) is 9.29. The summed E-state index contributed by atoms with van der Waals surface area (Å²) in [5.74, 6) is 1.52. The average Bonchev–Trinajstić information content (AvgIpc) is 2.65. The van der Waals surface area contributed by atoms with Crippen LogP contribution in [0.3, 0.4) is 0 Å². The first kappa shape index (κ1) is 19.7. The number of carbonyl (C=O) groups excluding carboxylic acids is 1. The Hall–Kier alpha value is -3.08. The van der Waals surface area contributed by atoms with Gasteiger partial charge in [0.1, 0.15) is 18.1 Å². The average molecular weight is 378 g/mol. The zero-order valence-corrected chi connectivity index (χ0v) is 17.1. The number of fused-ring (bicyclic) bond motifs is 1. The molecular weight excluding hydrogens is 352 g/mol. The normalized spacial score (nSPS) is 10.8. The predicted molar refractivity (Wildman–Crippen MR) is 111 cm³/mol. The van der Waals surface area contributed by atoms with Crippen molar-refractivity contribution < 1.29 is 14.3 Å². The van der Waals surface area contributed by atoms with Gasteiger partial charge in [0.15, 0.2) is 0 Å². The van der Waals surface area contributed by atoms with E-state index in [9.17, 15) is 4.79 Å². The van der Waals surface area contributed by atoms with Crippen LogP contribution in [0.1, 0.15) is 27.2 Å². The van der Waals surface area contributed by atoms with Crippen LogP contribution in [0.15, 0.2) is 42.5 Å². The second-order valence-corrected chi connectivity index (χ2v) is 7.08. The fourth-order valence-corrected chi connectivity index (χ4v) is 3.21. The van der Waals surface area contributed by atoms with Crippen LogP contribution in [-0.4, -0.2) is 43.1 Å². The summed E-state index contributed by atoms with van der Waals surface area (Å²) in [4.78, 5) is 19.1. The molecule has 0 spiro atoms. The van der Waals surface area contributed by atoms with Gasteiger partial charge < -0.3 is 14.4 Å². The second-order valence-electron chi connectivity index (χ2n) is 7.08. The Labute approximate surface area is 165 Å². The number of likely N-dealkylation sites (N-methyl/N-ethyl adjacent to an activating group) is 1. The van der Waals surface area contributed by atoms with Crippen LogP contribution in [0.5, 0.6) is 11.5 Å². The molecule has 1 heterocycles. The fourth-order valence-electron chi connectivity index (χ4n) is 3.21. The van der Waals surface area contributed by atoms with Crippen molar-refractivity contribution in [2.75, 3.05) is 27.3 Å². The molecule has 1 aromatic heterocycles. The highest BCUT2D eigenvalue weighted by Gasteiger charge is 2.16. The van der Waals surface area contributed by atoms with Crippen molar-refractivity contribution in [1.29, 1.82) is 0 Å². The molecule has 0 atom stereocenters. The lowest BCUT2D eigenvalue weighted by atomic mass is 10.1. The molecule has 0 N–H and O–H groups in total. The molecule has 0 aliphatic heterocycles. The van der Waals surface area contributed by atoms with E-state index in [2.05, 4.69) is 11.1 Å². The summed E-state index contributed by atoms with van der Waals surface area (Å²) in [6.07, 6.45) is 0. The molecule has 0 unspecified atom stereocenters. The molecule has 146 valence electrons. The van der Waals surface area contributed by atoms with Crippen LogP contribution < -0.4 is 9.47 Å². The molecule has 0 saturated carbocycles. The van der Waals surface area contributed by atoms with Gasteiger partial charge in [0.05, 0.1) is 30.4 Å². The molecule has 5 heteroatoms. The van der Waals surface area contributed by atoms with Gasteiger partial charge in [0.25, 0.3) is 5.91 Å². The zero-order chi connectivity index (χ0) is 20.3. The summed E-state index contributed by atoms with van der Waals surface area (Å²) in [6, 6.07) is 13.7. The molecule has 0 aliphatic rings. The molecule has 5 nitrogen and oxygen atoms in total. The van der Waals surface area contributed by atoms with Crippen molar-refractivity contribution in [3.8, 4) is 11.5 Å². The second kappa shape index (κ2) is 8.30. The molecule has 3 rings (SSSR count). The maximum Gasteiger partial charge on any atom is 0.255 e. The number of aromatic nitrogens is 1. The molecule has 0 saturated heterocycles. The highest BCUT2D eigenvalue weighted by molar-refractivity contribution is 5.98. The zero-order valence-electron chi connectivity index (χ0n) is 17.1. The van der Waals surface area contributed by atoms with E-state index < -0.39 is 0 Å². The number of rotatable bonds is 6. The summed E-state index contributed by atoms with van der Waals surface area (Å²) in [6.45, 7) is 6.86. The highest BCUT2D eigenvalue weighted by Crippen LogP contribution is 2.22. The van der Waals surface area contributed by atoms with Crippen LogP contribution in [0.4, 0.5) is 0 Å². The Kier molecular flexibility index (Phi) is 5.83. The molecule has 3 aromatic rings. The van der Waals surface area contributed by atoms with E-state index in [1.54, 1.807) is 19.1 Å². The van der Waals surface area contributed by atoms with Gasteiger partial charge >= 0.3 is 0 Å². The van der Waals surface area contributed by atoms with E-state index in [4.69, 9.17) is 9.47 Å². The van der Waals surface area contributed by atoms with Crippen molar-refractivity contribution in [2.24, 2.45) is 0 Å². The number of ether oxygens (including phenoxy) is 2. The highest BCUT2D eigenvalue weighted by atomic mass is 16.5. The van der Waals surface area contributed by atoms with E-state index in [-0.39, 0.29) is 5.91 Å². The lowest BCUT2D eigenvalue weighted by molar-refractivity contribution is 0.0772. The van der Waals surface area contributed by atoms with Crippen molar-refractivity contribution in [1.82, 2.24) is 9.88 Å². The maximum absolute atomic E-state index is 12.9. The van der Waals surface area contributed by atoms with Crippen molar-refractivity contribution in [3.63, 3.8) is 0 Å². The minimum atomic E-state index is -0.0632. The largest absolute Gasteiger partial charge is 0.497 e. The Morgan fingerprint density at radius 3 is 2.39 bits per heavy atom. The van der Waals surface area contributed by atoms with Crippen LogP contribution >= 0.6 is 0 Å². The Balaban J connectivity index is 1.69. The van der Waals surface area contributed by atoms with Gasteiger partial charge in [0, 0.05) is 18.5 Å². The smallest absolute Gasteiger partial charge is 0.255 e. The summed E-state index contributed by atoms with van der Waals surface area (Å²) >= 11 is 0. The van der Waals surface area contributed by atoms with E-state index in [1.165, 1.54) is 0 Å². The van der Waals surface area contributed by atoms with Gasteiger partial charge in [-0.2, -0.15) is 0 Å². The predicted octanol–water partition coefficient (Wildman–Crippen LogP) is 4.32. The Bertz CT molecular complexity index is 994. The third-order valence-electron chi connectivity index (χ3n) is 4.68. The number of hydrogen-bond donors (Lipinski definition) is 0. The van der Waals surface area contributed by atoms with Gasteiger partial charge in [-0.3, -0.25) is 9.78 Å². The van der Waals surface area contributed by atoms with Crippen LogP contribution in [0, 0.1) is 20.8 Å². The number of methoxy groups -OCH3 is 1. The lowest BCUT2D eigenvalue weighted by Crippen LogP contribution is -2.31. The number of pyridine rings is 1. The van der Waals surface area contributed by atoms with Gasteiger partial charge in [-0.1, -0.05) is 6.07 Å². The quantitative estimate of drug-likeness (QED) is 0.641. The van der Waals surface area contributed by atoms with Crippen molar-refractivity contribution in [2.45, 2.75) is 20.8 Å². The molecular formula is C23H26N2O3. The van der Waals surface area contributed by atoms with Crippen LogP contribution in [0.2, 0.25) is 0 Å². The monoisotopic (exact) mass is 378 g/mol. The number of hydrogen-bond acceptors (Lipinski definition) is 4. The lowest BCUT2D eigenvalue weighted by Gasteiger charge is -2.19. The van der Waals surface area contributed by atoms with Crippen LogP contribution in [-0.2, 0) is 0 Å². The molecule has 28 heavy (non-hydrogen) atoms. The third-order valence-corrected chi connectivity index (χ3v) is 4.68.